The summed E-state index contributed by atoms with van der Waals surface area (Å²) >= 11 is 1.78. The average molecular weight is 226 g/mol. The van der Waals surface area contributed by atoms with Crippen molar-refractivity contribution in [2.75, 3.05) is 18.8 Å². The van der Waals surface area contributed by atoms with E-state index in [0.717, 1.165) is 36.3 Å². The van der Waals surface area contributed by atoms with E-state index in [1.165, 1.54) is 6.42 Å². The Bertz CT molecular complexity index is 350. The van der Waals surface area contributed by atoms with Gasteiger partial charge in [0.25, 0.3) is 0 Å². The van der Waals surface area contributed by atoms with Gasteiger partial charge in [0.1, 0.15) is 0 Å². The van der Waals surface area contributed by atoms with Crippen LogP contribution in [0.25, 0.3) is 0 Å². The molecule has 2 rings (SSSR count). The van der Waals surface area contributed by atoms with Gasteiger partial charge in [-0.3, -0.25) is 4.99 Å². The summed E-state index contributed by atoms with van der Waals surface area (Å²) < 4.78 is 4.88. The van der Waals surface area contributed by atoms with Crippen molar-refractivity contribution in [2.45, 2.75) is 19.8 Å². The highest BCUT2D eigenvalue weighted by atomic mass is 32.2. The highest BCUT2D eigenvalue weighted by molar-refractivity contribution is 8.13. The Kier molecular flexibility index (Phi) is 3.60. The molecule has 0 amide bonds. The molecule has 0 saturated carbocycles. The van der Waals surface area contributed by atoms with Crippen molar-refractivity contribution in [2.24, 2.45) is 4.99 Å². The highest BCUT2D eigenvalue weighted by Crippen LogP contribution is 2.09. The second kappa shape index (κ2) is 5.16. The molecular formula is C9H14N4OS. The minimum Gasteiger partial charge on any atom is -0.364 e. The summed E-state index contributed by atoms with van der Waals surface area (Å²) in [5, 5.41) is 8.14. The van der Waals surface area contributed by atoms with E-state index in [2.05, 4.69) is 20.4 Å². The van der Waals surface area contributed by atoms with Crippen LogP contribution in [0.2, 0.25) is 0 Å². The van der Waals surface area contributed by atoms with Crippen LogP contribution < -0.4 is 5.32 Å². The molecule has 1 aromatic rings. The Morgan fingerprint density at radius 3 is 3.13 bits per heavy atom. The Labute approximate surface area is 92.7 Å². The third-order valence-electron chi connectivity index (χ3n) is 1.99. The van der Waals surface area contributed by atoms with E-state index in [1.807, 2.05) is 0 Å². The second-order valence-corrected chi connectivity index (χ2v) is 4.38. The number of thioether (sulfide) groups is 1. The number of nitrogens with one attached hydrogen (secondary N) is 1. The van der Waals surface area contributed by atoms with Gasteiger partial charge in [-0.15, -0.1) is 0 Å². The topological polar surface area (TPSA) is 63.3 Å². The minimum atomic E-state index is 0.620. The van der Waals surface area contributed by atoms with Crippen LogP contribution in [0.3, 0.4) is 0 Å². The van der Waals surface area contributed by atoms with Crippen LogP contribution in [0.1, 0.15) is 18.1 Å². The van der Waals surface area contributed by atoms with Gasteiger partial charge >= 0.3 is 0 Å². The van der Waals surface area contributed by atoms with Gasteiger partial charge in [-0.05, 0) is 6.42 Å². The molecule has 0 fully saturated rings. The molecule has 1 aliphatic rings. The smallest absolute Gasteiger partial charge is 0.223 e. The van der Waals surface area contributed by atoms with Gasteiger partial charge < -0.3 is 9.84 Å². The summed E-state index contributed by atoms with van der Waals surface area (Å²) in [4.78, 5) is 8.50. The summed E-state index contributed by atoms with van der Waals surface area (Å²) in [5.74, 6) is 2.53. The molecule has 0 bridgehead atoms. The second-order valence-electron chi connectivity index (χ2n) is 3.30. The largest absolute Gasteiger partial charge is 0.364 e. The van der Waals surface area contributed by atoms with Gasteiger partial charge in [0, 0.05) is 32.2 Å². The van der Waals surface area contributed by atoms with Crippen LogP contribution in [-0.4, -0.2) is 34.2 Å². The van der Waals surface area contributed by atoms with Crippen LogP contribution in [0.4, 0.5) is 0 Å². The van der Waals surface area contributed by atoms with Gasteiger partial charge in [0.2, 0.25) is 5.89 Å². The van der Waals surface area contributed by atoms with Crippen LogP contribution in [-0.2, 0) is 6.42 Å². The van der Waals surface area contributed by atoms with Gasteiger partial charge in [-0.1, -0.05) is 16.9 Å². The minimum absolute atomic E-state index is 0.620. The summed E-state index contributed by atoms with van der Waals surface area (Å²) in [6.07, 6.45) is 1.96. The number of hydrogen-bond donors (Lipinski definition) is 1. The fourth-order valence-electron chi connectivity index (χ4n) is 1.29. The average Bonchev–Trinajstić information content (AvgIpc) is 2.66. The molecule has 0 spiro atoms. The van der Waals surface area contributed by atoms with Crippen LogP contribution >= 0.6 is 11.8 Å². The molecule has 0 aromatic carbocycles. The molecule has 1 N–H and O–H groups in total. The fourth-order valence-corrected chi connectivity index (χ4v) is 2.14. The molecule has 0 atom stereocenters. The lowest BCUT2D eigenvalue weighted by Crippen LogP contribution is -2.25. The molecule has 15 heavy (non-hydrogen) atoms. The third-order valence-corrected chi connectivity index (χ3v) is 3.03. The Hall–Kier alpha value is -1.04. The molecule has 1 aromatic heterocycles. The van der Waals surface area contributed by atoms with Crippen molar-refractivity contribution in [1.82, 2.24) is 15.5 Å². The monoisotopic (exact) mass is 226 g/mol. The molecule has 5 nitrogen and oxygen atoms in total. The van der Waals surface area contributed by atoms with E-state index in [0.29, 0.717) is 5.89 Å². The van der Waals surface area contributed by atoms with E-state index >= 15 is 0 Å². The van der Waals surface area contributed by atoms with Crippen molar-refractivity contribution < 1.29 is 4.52 Å². The molecule has 6 heteroatoms. The zero-order chi connectivity index (χ0) is 10.5. The summed E-state index contributed by atoms with van der Waals surface area (Å²) in [6.45, 7) is 3.55. The summed E-state index contributed by atoms with van der Waals surface area (Å²) in [7, 11) is 0. The van der Waals surface area contributed by atoms with E-state index in [9.17, 15) is 0 Å². The molecule has 0 unspecified atom stereocenters. The van der Waals surface area contributed by atoms with Crippen LogP contribution in [0.15, 0.2) is 9.52 Å². The first-order chi connectivity index (χ1) is 7.34. The maximum absolute atomic E-state index is 4.88. The maximum atomic E-state index is 4.88. The Morgan fingerprint density at radius 1 is 1.53 bits per heavy atom. The highest BCUT2D eigenvalue weighted by Gasteiger charge is 2.06. The molecular weight excluding hydrogens is 212 g/mol. The van der Waals surface area contributed by atoms with E-state index in [-0.39, 0.29) is 0 Å². The first kappa shape index (κ1) is 10.5. The molecule has 0 saturated heterocycles. The van der Waals surface area contributed by atoms with Gasteiger partial charge in [-0.25, -0.2) is 0 Å². The standard InChI is InChI=1S/C9H14N4OS/c1-7-12-8(13-14-7)3-5-11-9-10-4-2-6-15-9/h2-6H2,1H3,(H,10,11). The molecule has 82 valence electrons. The van der Waals surface area contributed by atoms with Crippen molar-refractivity contribution in [1.29, 1.82) is 0 Å². The van der Waals surface area contributed by atoms with Crippen LogP contribution in [0.5, 0.6) is 0 Å². The van der Waals surface area contributed by atoms with Gasteiger partial charge in [-0.2, -0.15) is 4.98 Å². The lowest BCUT2D eigenvalue weighted by molar-refractivity contribution is 0.387. The van der Waals surface area contributed by atoms with Crippen molar-refractivity contribution in [3.05, 3.63) is 11.7 Å². The van der Waals surface area contributed by atoms with Crippen molar-refractivity contribution in [3.8, 4) is 0 Å². The lowest BCUT2D eigenvalue weighted by atomic mass is 10.4. The van der Waals surface area contributed by atoms with Gasteiger partial charge in [0.05, 0.1) is 0 Å². The van der Waals surface area contributed by atoms with Gasteiger partial charge in [0.15, 0.2) is 11.0 Å². The zero-order valence-electron chi connectivity index (χ0n) is 8.69. The Balaban J connectivity index is 1.72. The molecule has 0 radical (unpaired) electrons. The maximum Gasteiger partial charge on any atom is 0.223 e. The first-order valence-electron chi connectivity index (χ1n) is 5.05. The molecule has 0 aliphatic carbocycles. The summed E-state index contributed by atoms with van der Waals surface area (Å²) in [6, 6.07) is 0. The number of aliphatic imine (C=N–C) groups is 1. The van der Waals surface area contributed by atoms with Crippen molar-refractivity contribution in [3.63, 3.8) is 0 Å². The third kappa shape index (κ3) is 3.23. The quantitative estimate of drug-likeness (QED) is 0.833. The fraction of sp³-hybridized carbons (Fsp3) is 0.667. The first-order valence-corrected chi connectivity index (χ1v) is 6.03. The van der Waals surface area contributed by atoms with Crippen LogP contribution in [0, 0.1) is 6.92 Å². The zero-order valence-corrected chi connectivity index (χ0v) is 9.51. The number of aromatic nitrogens is 2. The van der Waals surface area contributed by atoms with Crippen molar-refractivity contribution >= 4 is 16.9 Å². The number of nitrogens with zero attached hydrogens (tertiary/aromatic N) is 3. The number of rotatable bonds is 3. The van der Waals surface area contributed by atoms with E-state index in [4.69, 9.17) is 4.52 Å². The predicted octanol–water partition coefficient (Wildman–Crippen LogP) is 1.00. The molecule has 2 heterocycles. The number of aryl methyl sites for hydroxylation is 1. The Morgan fingerprint density at radius 2 is 2.47 bits per heavy atom. The predicted molar refractivity (Wildman–Crippen MR) is 60.1 cm³/mol. The number of hydrogen-bond acceptors (Lipinski definition) is 6. The molecule has 1 aliphatic heterocycles. The van der Waals surface area contributed by atoms with E-state index < -0.39 is 0 Å². The van der Waals surface area contributed by atoms with E-state index in [1.54, 1.807) is 18.7 Å². The SMILES string of the molecule is Cc1nc(CCNC2=NCCCS2)no1. The summed E-state index contributed by atoms with van der Waals surface area (Å²) in [5.41, 5.74) is 0. The normalized spacial score (nSPS) is 16.2. The number of amidine groups is 1. The lowest BCUT2D eigenvalue weighted by Gasteiger charge is -2.12.